The Labute approximate surface area is 110 Å². The highest BCUT2D eigenvalue weighted by Crippen LogP contribution is 2.36. The molecule has 0 spiro atoms. The van der Waals surface area contributed by atoms with Gasteiger partial charge >= 0.3 is 0 Å². The lowest BCUT2D eigenvalue weighted by Gasteiger charge is -2.10. The summed E-state index contributed by atoms with van der Waals surface area (Å²) in [7, 11) is 1.57. The molecule has 1 saturated carbocycles. The van der Waals surface area contributed by atoms with Gasteiger partial charge in [0.1, 0.15) is 10.0 Å². The lowest BCUT2D eigenvalue weighted by molar-refractivity contribution is 0.463. The summed E-state index contributed by atoms with van der Waals surface area (Å²) in [6.45, 7) is 1.84. The largest absolute Gasteiger partial charge is 0.266 e. The van der Waals surface area contributed by atoms with E-state index in [1.54, 1.807) is 4.68 Å². The fourth-order valence-corrected chi connectivity index (χ4v) is 4.26. The second-order valence-corrected chi connectivity index (χ2v) is 7.10. The van der Waals surface area contributed by atoms with Crippen LogP contribution in [0.15, 0.2) is 4.90 Å². The molecule has 1 aromatic heterocycles. The summed E-state index contributed by atoms with van der Waals surface area (Å²) in [5, 5.41) is 4.45. The van der Waals surface area contributed by atoms with Crippen molar-refractivity contribution in [1.29, 1.82) is 0 Å². The molecule has 7 heteroatoms. The number of rotatable bonds is 3. The molecule has 1 aliphatic carbocycles. The first-order valence-electron chi connectivity index (χ1n) is 5.66. The Morgan fingerprint density at radius 1 is 1.41 bits per heavy atom. The molecule has 1 aromatic rings. The molecule has 1 fully saturated rings. The van der Waals surface area contributed by atoms with Crippen molar-refractivity contribution >= 4 is 31.3 Å². The summed E-state index contributed by atoms with van der Waals surface area (Å²) in [6, 6.07) is 0.208. The summed E-state index contributed by atoms with van der Waals surface area (Å²) in [4.78, 5) is -0.0183. The zero-order chi connectivity index (χ0) is 12.6. The van der Waals surface area contributed by atoms with Crippen molar-refractivity contribution in [1.82, 2.24) is 9.78 Å². The van der Waals surface area contributed by atoms with Crippen LogP contribution in [0.1, 0.15) is 44.3 Å². The summed E-state index contributed by atoms with van der Waals surface area (Å²) >= 11 is 6.11. The van der Waals surface area contributed by atoms with Crippen LogP contribution in [0.2, 0.25) is 5.15 Å². The zero-order valence-electron chi connectivity index (χ0n) is 9.49. The highest BCUT2D eigenvalue weighted by atomic mass is 35.7. The van der Waals surface area contributed by atoms with E-state index in [1.807, 2.05) is 6.92 Å². The van der Waals surface area contributed by atoms with Gasteiger partial charge in [0.25, 0.3) is 9.05 Å². The SMILES string of the molecule is CCc1nn(C2CCCC2)c(Cl)c1S(=O)(=O)Cl. The van der Waals surface area contributed by atoms with Crippen LogP contribution < -0.4 is 0 Å². The van der Waals surface area contributed by atoms with Gasteiger partial charge in [-0.3, -0.25) is 0 Å². The van der Waals surface area contributed by atoms with E-state index in [9.17, 15) is 8.42 Å². The van der Waals surface area contributed by atoms with Crippen LogP contribution in [0.4, 0.5) is 0 Å². The van der Waals surface area contributed by atoms with Crippen molar-refractivity contribution in [3.8, 4) is 0 Å². The average molecular weight is 297 g/mol. The van der Waals surface area contributed by atoms with E-state index in [-0.39, 0.29) is 16.1 Å². The minimum absolute atomic E-state index is 0.0183. The third-order valence-corrected chi connectivity index (χ3v) is 4.98. The number of halogens is 2. The Bertz CT molecular complexity index is 519. The number of hydrogen-bond acceptors (Lipinski definition) is 3. The Kier molecular flexibility index (Phi) is 3.71. The molecule has 17 heavy (non-hydrogen) atoms. The van der Waals surface area contributed by atoms with E-state index >= 15 is 0 Å². The fraction of sp³-hybridized carbons (Fsp3) is 0.700. The average Bonchev–Trinajstić information content (AvgIpc) is 2.82. The molecule has 0 N–H and O–H groups in total. The van der Waals surface area contributed by atoms with Gasteiger partial charge in [0.15, 0.2) is 0 Å². The Morgan fingerprint density at radius 2 is 2.00 bits per heavy atom. The van der Waals surface area contributed by atoms with Crippen LogP contribution in [0.25, 0.3) is 0 Å². The minimum atomic E-state index is -3.83. The molecule has 0 aromatic carbocycles. The summed E-state index contributed by atoms with van der Waals surface area (Å²) in [6.07, 6.45) is 4.75. The maximum absolute atomic E-state index is 11.5. The van der Waals surface area contributed by atoms with E-state index in [2.05, 4.69) is 5.10 Å². The first-order valence-corrected chi connectivity index (χ1v) is 8.35. The molecule has 4 nitrogen and oxygen atoms in total. The first kappa shape index (κ1) is 13.2. The maximum atomic E-state index is 11.5. The number of hydrogen-bond donors (Lipinski definition) is 0. The highest BCUT2D eigenvalue weighted by molar-refractivity contribution is 8.13. The van der Waals surface area contributed by atoms with E-state index < -0.39 is 9.05 Å². The van der Waals surface area contributed by atoms with Crippen molar-refractivity contribution < 1.29 is 8.42 Å². The smallest absolute Gasteiger partial charge is 0.249 e. The van der Waals surface area contributed by atoms with Crippen LogP contribution in [-0.4, -0.2) is 18.2 Å². The van der Waals surface area contributed by atoms with E-state index in [4.69, 9.17) is 22.3 Å². The lowest BCUT2D eigenvalue weighted by Crippen LogP contribution is -2.07. The fourth-order valence-electron chi connectivity index (χ4n) is 2.31. The minimum Gasteiger partial charge on any atom is -0.249 e. The predicted molar refractivity (Wildman–Crippen MR) is 67.2 cm³/mol. The van der Waals surface area contributed by atoms with E-state index in [1.165, 1.54) is 0 Å². The molecular formula is C10H14Cl2N2O2S. The van der Waals surface area contributed by atoms with Crippen LogP contribution in [0.5, 0.6) is 0 Å². The summed E-state index contributed by atoms with van der Waals surface area (Å²) in [5.74, 6) is 0. The van der Waals surface area contributed by atoms with Gasteiger partial charge in [-0.15, -0.1) is 0 Å². The van der Waals surface area contributed by atoms with Gasteiger partial charge < -0.3 is 0 Å². The Balaban J connectivity index is 2.53. The van der Waals surface area contributed by atoms with Crippen molar-refractivity contribution in [3.63, 3.8) is 0 Å². The second-order valence-electron chi connectivity index (χ2n) is 4.24. The van der Waals surface area contributed by atoms with Gasteiger partial charge in [0.05, 0.1) is 11.7 Å². The standard InChI is InChI=1S/C10H14Cl2N2O2S/c1-2-8-9(17(12,15)16)10(11)14(13-8)7-5-3-4-6-7/h7H,2-6H2,1H3. The molecule has 0 aliphatic heterocycles. The van der Waals surface area contributed by atoms with Gasteiger partial charge in [-0.2, -0.15) is 5.10 Å². The van der Waals surface area contributed by atoms with Crippen molar-refractivity contribution in [2.45, 2.75) is 50.0 Å². The quantitative estimate of drug-likeness (QED) is 0.805. The van der Waals surface area contributed by atoms with Crippen LogP contribution >= 0.6 is 22.3 Å². The molecule has 0 radical (unpaired) electrons. The number of nitrogens with zero attached hydrogens (tertiary/aromatic N) is 2. The van der Waals surface area contributed by atoms with Crippen LogP contribution in [-0.2, 0) is 15.5 Å². The second kappa shape index (κ2) is 4.78. The third-order valence-electron chi connectivity index (χ3n) is 3.13. The van der Waals surface area contributed by atoms with Crippen LogP contribution in [0, 0.1) is 0 Å². The molecular weight excluding hydrogens is 283 g/mol. The molecule has 1 aliphatic rings. The molecule has 0 bridgehead atoms. The predicted octanol–water partition coefficient (Wildman–Crippen LogP) is 3.14. The Morgan fingerprint density at radius 3 is 2.41 bits per heavy atom. The first-order chi connectivity index (χ1) is 7.95. The highest BCUT2D eigenvalue weighted by Gasteiger charge is 2.29. The monoisotopic (exact) mass is 296 g/mol. The summed E-state index contributed by atoms with van der Waals surface area (Å²) < 4.78 is 24.6. The number of aryl methyl sites for hydroxylation is 1. The maximum Gasteiger partial charge on any atom is 0.266 e. The molecule has 0 amide bonds. The van der Waals surface area contributed by atoms with Crippen molar-refractivity contribution in [2.75, 3.05) is 0 Å². The van der Waals surface area contributed by atoms with Crippen molar-refractivity contribution in [3.05, 3.63) is 10.8 Å². The van der Waals surface area contributed by atoms with E-state index in [0.29, 0.717) is 12.1 Å². The van der Waals surface area contributed by atoms with Gasteiger partial charge in [0.2, 0.25) is 0 Å². The number of aromatic nitrogens is 2. The topological polar surface area (TPSA) is 52.0 Å². The van der Waals surface area contributed by atoms with Crippen molar-refractivity contribution in [2.24, 2.45) is 0 Å². The van der Waals surface area contributed by atoms with Gasteiger partial charge in [-0.25, -0.2) is 13.1 Å². The molecule has 96 valence electrons. The lowest BCUT2D eigenvalue weighted by atomic mass is 10.3. The van der Waals surface area contributed by atoms with Crippen LogP contribution in [0.3, 0.4) is 0 Å². The molecule has 1 heterocycles. The van der Waals surface area contributed by atoms with Gasteiger partial charge in [0, 0.05) is 10.7 Å². The van der Waals surface area contributed by atoms with Gasteiger partial charge in [-0.05, 0) is 19.3 Å². The van der Waals surface area contributed by atoms with E-state index in [0.717, 1.165) is 25.7 Å². The Hall–Kier alpha value is -0.260. The van der Waals surface area contributed by atoms with Gasteiger partial charge in [-0.1, -0.05) is 31.4 Å². The zero-order valence-corrected chi connectivity index (χ0v) is 11.8. The summed E-state index contributed by atoms with van der Waals surface area (Å²) in [5.41, 5.74) is 0.455. The molecule has 0 unspecified atom stereocenters. The molecule has 0 saturated heterocycles. The molecule has 2 rings (SSSR count). The third kappa shape index (κ3) is 2.46. The normalized spacial score (nSPS) is 17.8. The molecule has 0 atom stereocenters.